The normalized spacial score (nSPS) is 17.5. The zero-order valence-electron chi connectivity index (χ0n) is 14.1. The highest BCUT2D eigenvalue weighted by Gasteiger charge is 2.23. The van der Waals surface area contributed by atoms with Crippen molar-refractivity contribution in [3.63, 3.8) is 0 Å². The summed E-state index contributed by atoms with van der Waals surface area (Å²) in [5.74, 6) is -0.501. The summed E-state index contributed by atoms with van der Waals surface area (Å²) in [6, 6.07) is 16.1. The third-order valence-corrected chi connectivity index (χ3v) is 4.29. The highest BCUT2D eigenvalue weighted by molar-refractivity contribution is 5.87. The topological polar surface area (TPSA) is 50.7 Å². The highest BCUT2D eigenvalue weighted by atomic mass is 19.1. The Kier molecular flexibility index (Phi) is 5.43. The Morgan fingerprint density at radius 2 is 2.08 bits per heavy atom. The number of benzene rings is 2. The van der Waals surface area contributed by atoms with Crippen LogP contribution >= 0.6 is 0 Å². The van der Waals surface area contributed by atoms with Crippen molar-refractivity contribution in [2.45, 2.75) is 31.8 Å². The van der Waals surface area contributed by atoms with E-state index in [1.165, 1.54) is 12.1 Å². The number of hydrogen-bond acceptors (Lipinski definition) is 3. The average Bonchev–Trinajstić information content (AvgIpc) is 3.07. The number of nitrogens with one attached hydrogen (secondary N) is 1. The fourth-order valence-corrected chi connectivity index (χ4v) is 2.84. The lowest BCUT2D eigenvalue weighted by Gasteiger charge is -2.14. The molecule has 1 aliphatic heterocycles. The van der Waals surface area contributed by atoms with E-state index in [1.807, 2.05) is 43.3 Å². The van der Waals surface area contributed by atoms with Gasteiger partial charge in [-0.2, -0.15) is 0 Å². The van der Waals surface area contributed by atoms with Crippen molar-refractivity contribution in [3.8, 4) is 0 Å². The zero-order chi connectivity index (χ0) is 17.6. The van der Waals surface area contributed by atoms with Crippen LogP contribution in [-0.2, 0) is 16.1 Å². The van der Waals surface area contributed by atoms with E-state index < -0.39 is 0 Å². The Hall–Kier alpha value is -2.69. The van der Waals surface area contributed by atoms with E-state index in [1.54, 1.807) is 6.07 Å². The summed E-state index contributed by atoms with van der Waals surface area (Å²) in [6.07, 6.45) is 1.02. The molecule has 5 heteroatoms. The third-order valence-electron chi connectivity index (χ3n) is 4.29. The van der Waals surface area contributed by atoms with Gasteiger partial charge in [-0.25, -0.2) is 4.39 Å². The van der Waals surface area contributed by atoms with Gasteiger partial charge in [-0.05, 0) is 30.2 Å². The van der Waals surface area contributed by atoms with Crippen molar-refractivity contribution in [3.05, 3.63) is 71.5 Å². The van der Waals surface area contributed by atoms with Crippen molar-refractivity contribution < 1.29 is 14.0 Å². The first-order valence-corrected chi connectivity index (χ1v) is 8.40. The van der Waals surface area contributed by atoms with Gasteiger partial charge < -0.3 is 10.2 Å². The summed E-state index contributed by atoms with van der Waals surface area (Å²) < 4.78 is 13.2. The molecule has 2 atom stereocenters. The molecule has 1 heterocycles. The van der Waals surface area contributed by atoms with Crippen LogP contribution in [0.4, 0.5) is 4.39 Å². The van der Waals surface area contributed by atoms with Crippen molar-refractivity contribution >= 4 is 11.6 Å². The van der Waals surface area contributed by atoms with Gasteiger partial charge in [-0.1, -0.05) is 47.6 Å². The van der Waals surface area contributed by atoms with Crippen molar-refractivity contribution in [1.29, 1.82) is 0 Å². The van der Waals surface area contributed by atoms with Gasteiger partial charge in [0, 0.05) is 12.8 Å². The Labute approximate surface area is 146 Å². The summed E-state index contributed by atoms with van der Waals surface area (Å²) in [5, 5.41) is 6.99. The van der Waals surface area contributed by atoms with Gasteiger partial charge in [0.2, 0.25) is 5.91 Å². The number of rotatable bonds is 6. The quantitative estimate of drug-likeness (QED) is 0.876. The minimum absolute atomic E-state index is 0.0339. The van der Waals surface area contributed by atoms with Gasteiger partial charge in [-0.15, -0.1) is 0 Å². The molecule has 0 aliphatic carbocycles. The molecule has 3 rings (SSSR count). The van der Waals surface area contributed by atoms with Crippen LogP contribution in [0.2, 0.25) is 0 Å². The minimum atomic E-state index is -0.254. The molecule has 4 nitrogen and oxygen atoms in total. The van der Waals surface area contributed by atoms with Crippen LogP contribution in [0.1, 0.15) is 30.4 Å². The van der Waals surface area contributed by atoms with Crippen molar-refractivity contribution in [1.82, 2.24) is 5.32 Å². The molecular weight excluding hydrogens is 319 g/mol. The van der Waals surface area contributed by atoms with Gasteiger partial charge in [0.1, 0.15) is 11.9 Å². The Morgan fingerprint density at radius 3 is 2.84 bits per heavy atom. The predicted molar refractivity (Wildman–Crippen MR) is 94.9 cm³/mol. The number of carbonyl (C=O) groups is 1. The van der Waals surface area contributed by atoms with E-state index >= 15 is 0 Å². The van der Waals surface area contributed by atoms with Crippen LogP contribution in [0, 0.1) is 5.82 Å². The minimum Gasteiger partial charge on any atom is -0.390 e. The van der Waals surface area contributed by atoms with E-state index in [-0.39, 0.29) is 23.7 Å². The van der Waals surface area contributed by atoms with E-state index in [2.05, 4.69) is 10.5 Å². The zero-order valence-corrected chi connectivity index (χ0v) is 14.1. The fourth-order valence-electron chi connectivity index (χ4n) is 2.84. The summed E-state index contributed by atoms with van der Waals surface area (Å²) >= 11 is 0. The number of oxime groups is 1. The summed E-state index contributed by atoms with van der Waals surface area (Å²) in [6.45, 7) is 2.29. The van der Waals surface area contributed by atoms with Crippen LogP contribution in [0.3, 0.4) is 0 Å². The number of amides is 1. The first-order valence-electron chi connectivity index (χ1n) is 8.40. The molecule has 130 valence electrons. The van der Waals surface area contributed by atoms with Gasteiger partial charge in [0.15, 0.2) is 0 Å². The fraction of sp³-hybridized carbons (Fsp3) is 0.300. The molecule has 0 spiro atoms. The van der Waals surface area contributed by atoms with Crippen LogP contribution < -0.4 is 5.32 Å². The molecule has 2 aromatic rings. The predicted octanol–water partition coefficient (Wildman–Crippen LogP) is 3.43. The van der Waals surface area contributed by atoms with Crippen LogP contribution in [-0.4, -0.2) is 24.3 Å². The van der Waals surface area contributed by atoms with Crippen LogP contribution in [0.25, 0.3) is 0 Å². The third kappa shape index (κ3) is 4.66. The lowest BCUT2D eigenvalue weighted by molar-refractivity contribution is -0.122. The Balaban J connectivity index is 1.45. The summed E-state index contributed by atoms with van der Waals surface area (Å²) in [5.41, 5.74) is 2.71. The Bertz CT molecular complexity index is 761. The second kappa shape index (κ2) is 7.92. The van der Waals surface area contributed by atoms with Crippen molar-refractivity contribution in [2.75, 3.05) is 6.54 Å². The maximum Gasteiger partial charge on any atom is 0.227 e. The summed E-state index contributed by atoms with van der Waals surface area (Å²) in [4.78, 5) is 17.6. The molecular formula is C20H21FN2O2. The first-order chi connectivity index (χ1) is 12.1. The lowest BCUT2D eigenvalue weighted by Crippen LogP contribution is -2.35. The lowest BCUT2D eigenvalue weighted by atomic mass is 10.0. The molecule has 0 saturated heterocycles. The van der Waals surface area contributed by atoms with E-state index in [4.69, 9.17) is 4.84 Å². The Morgan fingerprint density at radius 1 is 1.28 bits per heavy atom. The first kappa shape index (κ1) is 17.1. The number of hydrogen-bond donors (Lipinski definition) is 1. The molecule has 1 aliphatic rings. The monoisotopic (exact) mass is 340 g/mol. The maximum absolute atomic E-state index is 13.2. The largest absolute Gasteiger partial charge is 0.390 e. The molecule has 0 aromatic heterocycles. The van der Waals surface area contributed by atoms with Crippen molar-refractivity contribution in [2.24, 2.45) is 5.16 Å². The molecule has 1 amide bonds. The van der Waals surface area contributed by atoms with E-state index in [9.17, 15) is 9.18 Å². The number of nitrogens with zero attached hydrogens (tertiary/aromatic N) is 1. The molecule has 0 fully saturated rings. The van der Waals surface area contributed by atoms with Crippen LogP contribution in [0.5, 0.6) is 0 Å². The van der Waals surface area contributed by atoms with Gasteiger partial charge in [0.05, 0.1) is 18.2 Å². The standard InChI is InChI=1S/C20H21FN2O2/c1-14(16-7-3-2-4-8-16)20(24)22-13-19-12-18(23-25-19)11-15-6-5-9-17(21)10-15/h2-10,14,19H,11-13H2,1H3,(H,22,24)/t14-,19+/m1/s1. The van der Waals surface area contributed by atoms with E-state index in [0.29, 0.717) is 19.4 Å². The van der Waals surface area contributed by atoms with Crippen LogP contribution in [0.15, 0.2) is 59.8 Å². The number of carbonyl (C=O) groups excluding carboxylic acids is 1. The van der Waals surface area contributed by atoms with Gasteiger partial charge in [0.25, 0.3) is 0 Å². The molecule has 0 unspecified atom stereocenters. The maximum atomic E-state index is 13.2. The van der Waals surface area contributed by atoms with Gasteiger partial charge >= 0.3 is 0 Å². The molecule has 0 radical (unpaired) electrons. The molecule has 2 aromatic carbocycles. The second-order valence-electron chi connectivity index (χ2n) is 6.27. The SMILES string of the molecule is C[C@@H](C(=O)NC[C@@H]1CC(Cc2cccc(F)c2)=NO1)c1ccccc1. The smallest absolute Gasteiger partial charge is 0.227 e. The molecule has 25 heavy (non-hydrogen) atoms. The van der Waals surface area contributed by atoms with Gasteiger partial charge in [-0.3, -0.25) is 4.79 Å². The molecule has 0 bridgehead atoms. The average molecular weight is 340 g/mol. The molecule has 0 saturated carbocycles. The highest BCUT2D eigenvalue weighted by Crippen LogP contribution is 2.17. The summed E-state index contributed by atoms with van der Waals surface area (Å²) in [7, 11) is 0. The number of halogens is 1. The van der Waals surface area contributed by atoms with E-state index in [0.717, 1.165) is 16.8 Å². The molecule has 1 N–H and O–H groups in total. The second-order valence-corrected chi connectivity index (χ2v) is 6.27.